The Morgan fingerprint density at radius 2 is 2.29 bits per heavy atom. The van der Waals surface area contributed by atoms with Crippen molar-refractivity contribution >= 4 is 39.1 Å². The molecule has 2 aromatic heterocycles. The van der Waals surface area contributed by atoms with E-state index in [-0.39, 0.29) is 0 Å². The van der Waals surface area contributed by atoms with Gasteiger partial charge in [0.2, 0.25) is 5.95 Å². The molecule has 0 fully saturated rings. The van der Waals surface area contributed by atoms with Gasteiger partial charge in [0.15, 0.2) is 0 Å². The van der Waals surface area contributed by atoms with Crippen LogP contribution in [-0.2, 0) is 17.6 Å². The molecule has 4 nitrogen and oxygen atoms in total. The van der Waals surface area contributed by atoms with E-state index < -0.39 is 0 Å². The summed E-state index contributed by atoms with van der Waals surface area (Å²) in [6.07, 6.45) is 4.39. The summed E-state index contributed by atoms with van der Waals surface area (Å²) in [6.45, 7) is 3.83. The Labute approximate surface area is 133 Å². The van der Waals surface area contributed by atoms with Crippen LogP contribution in [0.4, 0.5) is 5.95 Å². The third-order valence-corrected chi connectivity index (χ3v) is 5.34. The summed E-state index contributed by atoms with van der Waals surface area (Å²) in [5.74, 6) is 1.37. The third-order valence-electron chi connectivity index (χ3n) is 3.92. The van der Waals surface area contributed by atoms with Crippen molar-refractivity contribution in [3.63, 3.8) is 0 Å². The van der Waals surface area contributed by atoms with Crippen molar-refractivity contribution in [1.82, 2.24) is 9.97 Å². The number of nitrogens with one attached hydrogen (secondary N) is 1. The highest BCUT2D eigenvalue weighted by Gasteiger charge is 2.23. The summed E-state index contributed by atoms with van der Waals surface area (Å²) in [5.41, 5.74) is 1.38. The predicted molar refractivity (Wildman–Crippen MR) is 88.6 cm³/mol. The summed E-state index contributed by atoms with van der Waals surface area (Å²) in [4.78, 5) is 11.5. The van der Waals surface area contributed by atoms with Gasteiger partial charge in [-0.3, -0.25) is 0 Å². The molecule has 1 atom stereocenters. The van der Waals surface area contributed by atoms with E-state index in [1.165, 1.54) is 16.9 Å². The number of methoxy groups -OCH3 is 1. The van der Waals surface area contributed by atoms with Crippen molar-refractivity contribution < 1.29 is 4.74 Å². The van der Waals surface area contributed by atoms with Crippen LogP contribution >= 0.6 is 22.9 Å². The molecule has 2 heterocycles. The molecule has 0 bridgehead atoms. The van der Waals surface area contributed by atoms with Gasteiger partial charge in [0.25, 0.3) is 0 Å². The number of ether oxygens (including phenoxy) is 1. The number of nitrogens with zero attached hydrogens (tertiary/aromatic N) is 2. The molecule has 0 saturated heterocycles. The smallest absolute Gasteiger partial charge is 0.225 e. The largest absolute Gasteiger partial charge is 0.385 e. The number of anilines is 1. The second-order valence-corrected chi connectivity index (χ2v) is 7.08. The lowest BCUT2D eigenvalue weighted by atomic mass is 9.89. The SMILES string of the molecule is COCCCNc1nc(Cl)c2c3c(sc2n1)CC(C)CC3. The van der Waals surface area contributed by atoms with Crippen LogP contribution in [0, 0.1) is 5.92 Å². The maximum Gasteiger partial charge on any atom is 0.225 e. The van der Waals surface area contributed by atoms with Gasteiger partial charge in [-0.15, -0.1) is 11.3 Å². The lowest BCUT2D eigenvalue weighted by molar-refractivity contribution is 0.197. The monoisotopic (exact) mass is 325 g/mol. The molecule has 0 spiro atoms. The molecule has 1 N–H and O–H groups in total. The van der Waals surface area contributed by atoms with Crippen LogP contribution in [0.2, 0.25) is 5.15 Å². The molecular weight excluding hydrogens is 306 g/mol. The van der Waals surface area contributed by atoms with E-state index in [1.807, 2.05) is 0 Å². The minimum atomic E-state index is 0.585. The first-order chi connectivity index (χ1) is 10.2. The van der Waals surface area contributed by atoms with Crippen molar-refractivity contribution in [3.05, 3.63) is 15.6 Å². The topological polar surface area (TPSA) is 47.0 Å². The van der Waals surface area contributed by atoms with Gasteiger partial charge in [0.1, 0.15) is 9.98 Å². The third kappa shape index (κ3) is 3.15. The fourth-order valence-electron chi connectivity index (χ4n) is 2.79. The summed E-state index contributed by atoms with van der Waals surface area (Å²) in [7, 11) is 1.70. The Morgan fingerprint density at radius 1 is 1.43 bits per heavy atom. The Kier molecular flexibility index (Phi) is 4.62. The lowest BCUT2D eigenvalue weighted by Gasteiger charge is -2.17. The average molecular weight is 326 g/mol. The molecule has 3 rings (SSSR count). The number of aryl methyl sites for hydroxylation is 1. The zero-order chi connectivity index (χ0) is 14.8. The van der Waals surface area contributed by atoms with Gasteiger partial charge in [0, 0.05) is 25.1 Å². The standard InChI is InChI=1S/C15H20ClN3OS/c1-9-4-5-10-11(8-9)21-14-12(10)13(16)18-15(19-14)17-6-3-7-20-2/h9H,3-8H2,1-2H3,(H,17,18,19). The van der Waals surface area contributed by atoms with E-state index in [0.717, 1.165) is 48.5 Å². The fourth-order valence-corrected chi connectivity index (χ4v) is 4.52. The maximum absolute atomic E-state index is 6.41. The first-order valence-electron chi connectivity index (χ1n) is 7.39. The van der Waals surface area contributed by atoms with Crippen LogP contribution in [0.1, 0.15) is 30.2 Å². The number of halogens is 1. The highest BCUT2D eigenvalue weighted by Crippen LogP contribution is 2.40. The van der Waals surface area contributed by atoms with Gasteiger partial charge >= 0.3 is 0 Å². The lowest BCUT2D eigenvalue weighted by Crippen LogP contribution is -2.09. The second kappa shape index (κ2) is 6.46. The molecule has 1 aliphatic rings. The van der Waals surface area contributed by atoms with Crippen molar-refractivity contribution in [2.45, 2.75) is 32.6 Å². The Bertz CT molecular complexity index is 643. The summed E-state index contributed by atoms with van der Waals surface area (Å²) in [6, 6.07) is 0. The highest BCUT2D eigenvalue weighted by atomic mass is 35.5. The van der Waals surface area contributed by atoms with Crippen molar-refractivity contribution in [3.8, 4) is 0 Å². The Hall–Kier alpha value is -0.910. The number of hydrogen-bond acceptors (Lipinski definition) is 5. The molecule has 0 amide bonds. The fraction of sp³-hybridized carbons (Fsp3) is 0.600. The maximum atomic E-state index is 6.41. The number of aromatic nitrogens is 2. The molecule has 0 saturated carbocycles. The van der Waals surface area contributed by atoms with Gasteiger partial charge in [0.05, 0.1) is 5.39 Å². The van der Waals surface area contributed by atoms with Crippen LogP contribution in [0.15, 0.2) is 0 Å². The minimum absolute atomic E-state index is 0.585. The molecule has 0 aromatic carbocycles. The Balaban J connectivity index is 1.86. The van der Waals surface area contributed by atoms with Crippen LogP contribution in [0.5, 0.6) is 0 Å². The van der Waals surface area contributed by atoms with Gasteiger partial charge in [-0.25, -0.2) is 9.97 Å². The Morgan fingerprint density at radius 3 is 3.10 bits per heavy atom. The van der Waals surface area contributed by atoms with Crippen LogP contribution in [-0.4, -0.2) is 30.2 Å². The molecule has 2 aromatic rings. The molecule has 0 aliphatic heterocycles. The van der Waals surface area contributed by atoms with Gasteiger partial charge in [-0.05, 0) is 37.2 Å². The molecule has 114 valence electrons. The van der Waals surface area contributed by atoms with E-state index in [4.69, 9.17) is 16.3 Å². The van der Waals surface area contributed by atoms with Gasteiger partial charge in [-0.2, -0.15) is 0 Å². The number of thiophene rings is 1. The first kappa shape index (κ1) is 15.0. The van der Waals surface area contributed by atoms with Crippen LogP contribution in [0.25, 0.3) is 10.2 Å². The summed E-state index contributed by atoms with van der Waals surface area (Å²) in [5, 5.41) is 4.88. The van der Waals surface area contributed by atoms with E-state index in [2.05, 4.69) is 22.2 Å². The van der Waals surface area contributed by atoms with Crippen molar-refractivity contribution in [1.29, 1.82) is 0 Å². The summed E-state index contributed by atoms with van der Waals surface area (Å²) >= 11 is 8.18. The average Bonchev–Trinajstić information content (AvgIpc) is 2.81. The second-order valence-electron chi connectivity index (χ2n) is 5.64. The molecular formula is C15H20ClN3OS. The predicted octanol–water partition coefficient (Wildman–Crippen LogP) is 3.92. The minimum Gasteiger partial charge on any atom is -0.385 e. The van der Waals surface area contributed by atoms with E-state index >= 15 is 0 Å². The van der Waals surface area contributed by atoms with Crippen molar-refractivity contribution in [2.24, 2.45) is 5.92 Å². The first-order valence-corrected chi connectivity index (χ1v) is 8.59. The quantitative estimate of drug-likeness (QED) is 0.668. The van der Waals surface area contributed by atoms with Crippen molar-refractivity contribution in [2.75, 3.05) is 25.6 Å². The molecule has 21 heavy (non-hydrogen) atoms. The van der Waals surface area contributed by atoms with Gasteiger partial charge in [-0.1, -0.05) is 18.5 Å². The molecule has 0 radical (unpaired) electrons. The van der Waals surface area contributed by atoms with E-state index in [0.29, 0.717) is 11.1 Å². The zero-order valence-electron chi connectivity index (χ0n) is 12.4. The summed E-state index contributed by atoms with van der Waals surface area (Å²) < 4.78 is 5.03. The number of fused-ring (bicyclic) bond motifs is 3. The number of hydrogen-bond donors (Lipinski definition) is 1. The van der Waals surface area contributed by atoms with Crippen LogP contribution in [0.3, 0.4) is 0 Å². The normalized spacial score (nSPS) is 18.0. The van der Waals surface area contributed by atoms with E-state index in [9.17, 15) is 0 Å². The molecule has 6 heteroatoms. The molecule has 1 aliphatic carbocycles. The zero-order valence-corrected chi connectivity index (χ0v) is 14.0. The molecule has 1 unspecified atom stereocenters. The van der Waals surface area contributed by atoms with E-state index in [1.54, 1.807) is 18.4 Å². The van der Waals surface area contributed by atoms with Crippen LogP contribution < -0.4 is 5.32 Å². The van der Waals surface area contributed by atoms with Gasteiger partial charge < -0.3 is 10.1 Å². The number of rotatable bonds is 5. The highest BCUT2D eigenvalue weighted by molar-refractivity contribution is 7.19.